The van der Waals surface area contributed by atoms with Crippen molar-refractivity contribution in [3.63, 3.8) is 0 Å². The van der Waals surface area contributed by atoms with Gasteiger partial charge >= 0.3 is 6.03 Å². The first-order valence-corrected chi connectivity index (χ1v) is 15.7. The Bertz CT molecular complexity index is 1040. The Morgan fingerprint density at radius 1 is 0.837 bits per heavy atom. The zero-order valence-corrected chi connectivity index (χ0v) is 27.4. The highest BCUT2D eigenvalue weighted by Crippen LogP contribution is 2.34. The number of urea groups is 1. The van der Waals surface area contributed by atoms with Gasteiger partial charge in [0.1, 0.15) is 18.1 Å². The van der Waals surface area contributed by atoms with Crippen molar-refractivity contribution in [2.24, 2.45) is 22.5 Å². The van der Waals surface area contributed by atoms with E-state index >= 15 is 0 Å². The molecule has 3 unspecified atom stereocenters. The van der Waals surface area contributed by atoms with Gasteiger partial charge in [0.15, 0.2) is 0 Å². The van der Waals surface area contributed by atoms with Crippen molar-refractivity contribution in [3.8, 4) is 0 Å². The fourth-order valence-electron chi connectivity index (χ4n) is 5.48. The molecule has 2 rings (SSSR count). The molecule has 2 aliphatic rings. The van der Waals surface area contributed by atoms with Gasteiger partial charge in [-0.15, -0.1) is 0 Å². The average Bonchev–Trinajstić information content (AvgIpc) is 3.58. The standard InChI is InChI=1S/C31H54N6O6/c1-9-15-36(16-10-2)27(41)23(30(3,4)5)34-29(43)35-24(31(6,7)8)28(42)37-17-11-12-21(37)26(40)33-20(18-19-13-14-19)22(38)25(32)39/h19-21,23-24H,9-18H2,1-8H3,(H2,32,39)(H,33,40)(H2,34,35,43)/t20?,21-,23?,24?/m0/s1. The highest BCUT2D eigenvalue weighted by atomic mass is 16.2. The zero-order valence-electron chi connectivity index (χ0n) is 27.4. The van der Waals surface area contributed by atoms with Crippen LogP contribution in [0.2, 0.25) is 0 Å². The molecule has 1 saturated heterocycles. The molecule has 12 heteroatoms. The minimum atomic E-state index is -1.10. The van der Waals surface area contributed by atoms with Crippen LogP contribution in [-0.2, 0) is 24.0 Å². The largest absolute Gasteiger partial charge is 0.363 e. The number of ketones is 1. The Balaban J connectivity index is 2.22. The van der Waals surface area contributed by atoms with Crippen LogP contribution in [0.1, 0.15) is 100 Å². The van der Waals surface area contributed by atoms with E-state index in [-0.39, 0.29) is 11.8 Å². The first kappa shape index (κ1) is 36.0. The molecule has 1 heterocycles. The maximum absolute atomic E-state index is 13.9. The molecular formula is C31H54N6O6. The Morgan fingerprint density at radius 2 is 1.37 bits per heavy atom. The lowest BCUT2D eigenvalue weighted by atomic mass is 9.85. The molecule has 1 aliphatic carbocycles. The number of nitrogens with zero attached hydrogens (tertiary/aromatic N) is 2. The number of amides is 6. The smallest absolute Gasteiger partial charge is 0.316 e. The lowest BCUT2D eigenvalue weighted by Crippen LogP contribution is -2.62. The third kappa shape index (κ3) is 10.2. The summed E-state index contributed by atoms with van der Waals surface area (Å²) < 4.78 is 0. The van der Waals surface area contributed by atoms with Crippen molar-refractivity contribution in [3.05, 3.63) is 0 Å². The van der Waals surface area contributed by atoms with E-state index in [1.165, 1.54) is 4.90 Å². The number of likely N-dealkylation sites (tertiary alicyclic amines) is 1. The van der Waals surface area contributed by atoms with Crippen LogP contribution in [0.3, 0.4) is 0 Å². The van der Waals surface area contributed by atoms with Crippen LogP contribution in [0.15, 0.2) is 0 Å². The molecule has 43 heavy (non-hydrogen) atoms. The van der Waals surface area contributed by atoms with Gasteiger partial charge in [0.2, 0.25) is 23.5 Å². The van der Waals surface area contributed by atoms with Crippen molar-refractivity contribution >= 4 is 35.4 Å². The van der Waals surface area contributed by atoms with Crippen LogP contribution in [0.4, 0.5) is 4.79 Å². The molecule has 0 aromatic heterocycles. The molecule has 244 valence electrons. The van der Waals surface area contributed by atoms with E-state index in [1.54, 1.807) is 4.90 Å². The van der Waals surface area contributed by atoms with E-state index in [0.717, 1.165) is 25.7 Å². The predicted octanol–water partition coefficient (Wildman–Crippen LogP) is 2.09. The first-order chi connectivity index (χ1) is 19.9. The van der Waals surface area contributed by atoms with Crippen LogP contribution in [0.25, 0.3) is 0 Å². The summed E-state index contributed by atoms with van der Waals surface area (Å²) in [5, 5.41) is 8.32. The number of nitrogens with one attached hydrogen (secondary N) is 3. The van der Waals surface area contributed by atoms with Crippen LogP contribution in [0, 0.1) is 16.7 Å². The molecule has 6 amide bonds. The average molecular weight is 607 g/mol. The third-order valence-electron chi connectivity index (χ3n) is 8.06. The van der Waals surface area contributed by atoms with Crippen LogP contribution in [-0.4, -0.2) is 89.0 Å². The van der Waals surface area contributed by atoms with Gasteiger partial charge in [-0.3, -0.25) is 24.0 Å². The summed E-state index contributed by atoms with van der Waals surface area (Å²) in [6.07, 6.45) is 4.70. The van der Waals surface area contributed by atoms with Gasteiger partial charge in [-0.2, -0.15) is 0 Å². The van der Waals surface area contributed by atoms with E-state index < -0.39 is 64.5 Å². The van der Waals surface area contributed by atoms with Gasteiger partial charge in [0.25, 0.3) is 5.91 Å². The highest BCUT2D eigenvalue weighted by molar-refractivity contribution is 6.37. The third-order valence-corrected chi connectivity index (χ3v) is 8.06. The normalized spacial score (nSPS) is 19.2. The minimum Gasteiger partial charge on any atom is -0.363 e. The lowest BCUT2D eigenvalue weighted by molar-refractivity contribution is -0.143. The molecular weight excluding hydrogens is 552 g/mol. The molecule has 0 aromatic rings. The fraction of sp³-hybridized carbons (Fsp3) is 0.806. The molecule has 0 bridgehead atoms. The number of Topliss-reactive ketones (excluding diaryl/α,β-unsaturated/α-hetero) is 1. The fourth-order valence-corrected chi connectivity index (χ4v) is 5.48. The van der Waals surface area contributed by atoms with E-state index in [0.29, 0.717) is 38.9 Å². The van der Waals surface area contributed by atoms with Crippen molar-refractivity contribution in [1.29, 1.82) is 0 Å². The Labute approximate surface area is 256 Å². The first-order valence-electron chi connectivity index (χ1n) is 15.7. The maximum atomic E-state index is 13.9. The molecule has 1 saturated carbocycles. The number of carbonyl (C=O) groups is 6. The van der Waals surface area contributed by atoms with Crippen LogP contribution in [0.5, 0.6) is 0 Å². The van der Waals surface area contributed by atoms with Gasteiger partial charge in [-0.25, -0.2) is 4.79 Å². The zero-order chi connectivity index (χ0) is 32.7. The summed E-state index contributed by atoms with van der Waals surface area (Å²) >= 11 is 0. The molecule has 12 nitrogen and oxygen atoms in total. The summed E-state index contributed by atoms with van der Waals surface area (Å²) in [6, 6.07) is -4.35. The number of hydrogen-bond donors (Lipinski definition) is 4. The molecule has 0 aromatic carbocycles. The monoisotopic (exact) mass is 606 g/mol. The number of nitrogens with two attached hydrogens (primary N) is 1. The molecule has 4 atom stereocenters. The van der Waals surface area contributed by atoms with E-state index in [1.807, 2.05) is 55.4 Å². The van der Waals surface area contributed by atoms with Gasteiger partial charge in [0.05, 0.1) is 6.04 Å². The second kappa shape index (κ2) is 15.0. The highest BCUT2D eigenvalue weighted by Gasteiger charge is 2.44. The summed E-state index contributed by atoms with van der Waals surface area (Å²) in [6.45, 7) is 16.5. The van der Waals surface area contributed by atoms with Gasteiger partial charge in [-0.1, -0.05) is 68.2 Å². The van der Waals surface area contributed by atoms with Gasteiger partial charge in [0, 0.05) is 19.6 Å². The number of rotatable bonds is 14. The molecule has 2 fully saturated rings. The van der Waals surface area contributed by atoms with Crippen molar-refractivity contribution in [1.82, 2.24) is 25.8 Å². The Hall–Kier alpha value is -3.18. The number of hydrogen-bond acceptors (Lipinski definition) is 6. The predicted molar refractivity (Wildman–Crippen MR) is 164 cm³/mol. The van der Waals surface area contributed by atoms with E-state index in [2.05, 4.69) is 16.0 Å². The van der Waals surface area contributed by atoms with Gasteiger partial charge in [-0.05, 0) is 48.9 Å². The van der Waals surface area contributed by atoms with E-state index in [4.69, 9.17) is 5.73 Å². The molecule has 5 N–H and O–H groups in total. The Kier molecular flexibility index (Phi) is 12.6. The summed E-state index contributed by atoms with van der Waals surface area (Å²) in [4.78, 5) is 81.4. The molecule has 0 spiro atoms. The summed E-state index contributed by atoms with van der Waals surface area (Å²) in [5.41, 5.74) is 3.90. The molecule has 0 radical (unpaired) electrons. The number of primary amides is 1. The van der Waals surface area contributed by atoms with Crippen molar-refractivity contribution in [2.75, 3.05) is 19.6 Å². The lowest BCUT2D eigenvalue weighted by Gasteiger charge is -2.38. The second-order valence-corrected chi connectivity index (χ2v) is 14.2. The Morgan fingerprint density at radius 3 is 1.84 bits per heavy atom. The topological polar surface area (TPSA) is 171 Å². The van der Waals surface area contributed by atoms with Gasteiger partial charge < -0.3 is 31.5 Å². The number of carbonyl (C=O) groups excluding carboxylic acids is 6. The maximum Gasteiger partial charge on any atom is 0.316 e. The SMILES string of the molecule is CCCN(CCC)C(=O)C(NC(=O)NC(C(=O)N1CCC[C@H]1C(=O)NC(CC1CC1)C(=O)C(N)=O)C(C)(C)C)C(C)(C)C. The van der Waals surface area contributed by atoms with E-state index in [9.17, 15) is 28.8 Å². The van der Waals surface area contributed by atoms with Crippen LogP contribution >= 0.6 is 0 Å². The summed E-state index contributed by atoms with van der Waals surface area (Å²) in [7, 11) is 0. The second-order valence-electron chi connectivity index (χ2n) is 14.2. The van der Waals surface area contributed by atoms with Crippen molar-refractivity contribution < 1.29 is 28.8 Å². The molecule has 1 aliphatic heterocycles. The summed E-state index contributed by atoms with van der Waals surface area (Å²) in [5.74, 6) is -2.82. The van der Waals surface area contributed by atoms with Crippen molar-refractivity contribution in [2.45, 2.75) is 125 Å². The quantitative estimate of drug-likeness (QED) is 0.221. The minimum absolute atomic E-state index is 0.174. The van der Waals surface area contributed by atoms with Crippen LogP contribution < -0.4 is 21.7 Å².